The van der Waals surface area contributed by atoms with Gasteiger partial charge < -0.3 is 5.32 Å². The van der Waals surface area contributed by atoms with Crippen molar-refractivity contribution >= 4 is 38.9 Å². The molecule has 1 amide bonds. The number of rotatable bonds is 3. The van der Waals surface area contributed by atoms with E-state index in [-0.39, 0.29) is 5.91 Å². The minimum atomic E-state index is -0.189. The van der Waals surface area contributed by atoms with Crippen LogP contribution in [-0.2, 0) is 0 Å². The van der Waals surface area contributed by atoms with E-state index in [1.54, 1.807) is 29.7 Å². The third-order valence-corrected chi connectivity index (χ3v) is 4.08. The molecule has 0 aliphatic heterocycles. The van der Waals surface area contributed by atoms with Gasteiger partial charge in [0, 0.05) is 29.0 Å². The number of thiazole rings is 1. The van der Waals surface area contributed by atoms with Crippen LogP contribution in [0, 0.1) is 0 Å². The van der Waals surface area contributed by atoms with Crippen molar-refractivity contribution < 1.29 is 4.79 Å². The third kappa shape index (κ3) is 3.34. The Morgan fingerprint density at radius 1 is 1.19 bits per heavy atom. The highest BCUT2D eigenvalue weighted by atomic mass is 79.9. The molecule has 21 heavy (non-hydrogen) atoms. The highest BCUT2D eigenvalue weighted by Crippen LogP contribution is 2.24. The van der Waals surface area contributed by atoms with E-state index in [9.17, 15) is 4.79 Å². The maximum absolute atomic E-state index is 12.1. The topological polar surface area (TPSA) is 54.9 Å². The number of hydrogen-bond acceptors (Lipinski definition) is 4. The van der Waals surface area contributed by atoms with Gasteiger partial charge in [0.25, 0.3) is 5.91 Å². The Morgan fingerprint density at radius 3 is 2.81 bits per heavy atom. The number of anilines is 1. The van der Waals surface area contributed by atoms with Gasteiger partial charge in [0.15, 0.2) is 0 Å². The molecule has 0 atom stereocenters. The number of carbonyl (C=O) groups is 1. The Balaban J connectivity index is 1.80. The van der Waals surface area contributed by atoms with Crippen molar-refractivity contribution in [1.82, 2.24) is 9.97 Å². The van der Waals surface area contributed by atoms with E-state index in [2.05, 4.69) is 31.2 Å². The number of nitrogens with zero attached hydrogens (tertiary/aromatic N) is 2. The molecule has 0 aliphatic carbocycles. The molecule has 4 nitrogen and oxygen atoms in total. The highest BCUT2D eigenvalue weighted by molar-refractivity contribution is 9.10. The van der Waals surface area contributed by atoms with Crippen molar-refractivity contribution in [2.75, 3.05) is 5.32 Å². The van der Waals surface area contributed by atoms with Crippen LogP contribution in [0.5, 0.6) is 0 Å². The van der Waals surface area contributed by atoms with Crippen LogP contribution >= 0.6 is 27.3 Å². The molecule has 2 aromatic heterocycles. The average Bonchev–Trinajstić information content (AvgIpc) is 3.02. The first kappa shape index (κ1) is 13.9. The summed E-state index contributed by atoms with van der Waals surface area (Å²) < 4.78 is 0.699. The van der Waals surface area contributed by atoms with Crippen LogP contribution in [0.3, 0.4) is 0 Å². The van der Waals surface area contributed by atoms with Gasteiger partial charge in [-0.3, -0.25) is 4.79 Å². The number of pyridine rings is 1. The fourth-order valence-corrected chi connectivity index (χ4v) is 2.68. The Morgan fingerprint density at radius 2 is 2.10 bits per heavy atom. The van der Waals surface area contributed by atoms with Crippen molar-refractivity contribution in [3.8, 4) is 10.6 Å². The van der Waals surface area contributed by atoms with Crippen LogP contribution < -0.4 is 5.32 Å². The first-order valence-electron chi connectivity index (χ1n) is 6.15. The monoisotopic (exact) mass is 359 g/mol. The third-order valence-electron chi connectivity index (χ3n) is 2.79. The van der Waals surface area contributed by atoms with Crippen LogP contribution in [0.25, 0.3) is 10.6 Å². The summed E-state index contributed by atoms with van der Waals surface area (Å²) in [6.07, 6.45) is 3.29. The molecule has 6 heteroatoms. The average molecular weight is 360 g/mol. The number of halogens is 1. The molecule has 0 radical (unpaired) electrons. The molecule has 0 spiro atoms. The predicted octanol–water partition coefficient (Wildman–Crippen LogP) is 4.22. The lowest BCUT2D eigenvalue weighted by Gasteiger charge is -2.06. The number of aromatic nitrogens is 2. The van der Waals surface area contributed by atoms with Gasteiger partial charge in [-0.05, 0) is 40.2 Å². The number of carbonyl (C=O) groups excluding carboxylic acids is 1. The summed E-state index contributed by atoms with van der Waals surface area (Å²) in [4.78, 5) is 20.5. The second kappa shape index (κ2) is 6.15. The van der Waals surface area contributed by atoms with Gasteiger partial charge in [-0.25, -0.2) is 9.97 Å². The summed E-state index contributed by atoms with van der Waals surface area (Å²) in [5, 5.41) is 5.71. The first-order chi connectivity index (χ1) is 10.2. The summed E-state index contributed by atoms with van der Waals surface area (Å²) >= 11 is 4.81. The minimum Gasteiger partial charge on any atom is -0.322 e. The van der Waals surface area contributed by atoms with Gasteiger partial charge in [-0.2, -0.15) is 0 Å². The lowest BCUT2D eigenvalue weighted by atomic mass is 10.2. The maximum Gasteiger partial charge on any atom is 0.257 e. The zero-order valence-corrected chi connectivity index (χ0v) is 13.2. The number of hydrogen-bond donors (Lipinski definition) is 1. The quantitative estimate of drug-likeness (QED) is 0.712. The van der Waals surface area contributed by atoms with Crippen LogP contribution in [-0.4, -0.2) is 15.9 Å². The van der Waals surface area contributed by atoms with Gasteiger partial charge in [-0.15, -0.1) is 11.3 Å². The minimum absolute atomic E-state index is 0.189. The van der Waals surface area contributed by atoms with Crippen LogP contribution in [0.2, 0.25) is 0 Å². The Bertz CT molecular complexity index is 757. The second-order valence-corrected chi connectivity index (χ2v) is 5.95. The molecule has 2 heterocycles. The van der Waals surface area contributed by atoms with Crippen molar-refractivity contribution in [2.45, 2.75) is 0 Å². The fraction of sp³-hybridized carbons (Fsp3) is 0. The molecule has 1 N–H and O–H groups in total. The number of nitrogens with one attached hydrogen (secondary N) is 1. The van der Waals surface area contributed by atoms with Crippen molar-refractivity contribution in [3.05, 3.63) is 64.3 Å². The normalized spacial score (nSPS) is 10.3. The summed E-state index contributed by atoms with van der Waals surface area (Å²) in [6, 6.07) is 11.1. The highest BCUT2D eigenvalue weighted by Gasteiger charge is 2.08. The fourth-order valence-electron chi connectivity index (χ4n) is 1.81. The molecule has 3 rings (SSSR count). The standard InChI is InChI=1S/C15H10BrN3OS/c16-13-5-4-11(9-18-13)14(20)19-12-3-1-2-10(8-12)15-17-6-7-21-15/h1-9H,(H,19,20). The molecule has 0 fully saturated rings. The van der Waals surface area contributed by atoms with E-state index < -0.39 is 0 Å². The van der Waals surface area contributed by atoms with Crippen molar-refractivity contribution in [3.63, 3.8) is 0 Å². The summed E-state index contributed by atoms with van der Waals surface area (Å²) in [6.45, 7) is 0. The summed E-state index contributed by atoms with van der Waals surface area (Å²) in [5.41, 5.74) is 2.23. The molecular weight excluding hydrogens is 350 g/mol. The molecule has 0 saturated heterocycles. The molecular formula is C15H10BrN3OS. The van der Waals surface area contributed by atoms with Crippen LogP contribution in [0.15, 0.2) is 58.8 Å². The predicted molar refractivity (Wildman–Crippen MR) is 87.4 cm³/mol. The maximum atomic E-state index is 12.1. The number of benzene rings is 1. The summed E-state index contributed by atoms with van der Waals surface area (Å²) in [5.74, 6) is -0.189. The van der Waals surface area contributed by atoms with E-state index in [0.717, 1.165) is 16.3 Å². The molecule has 0 bridgehead atoms. The SMILES string of the molecule is O=C(Nc1cccc(-c2nccs2)c1)c1ccc(Br)nc1. The molecule has 0 aliphatic rings. The molecule has 0 unspecified atom stereocenters. The Kier molecular flexibility index (Phi) is 4.08. The second-order valence-electron chi connectivity index (χ2n) is 4.24. The molecule has 104 valence electrons. The lowest BCUT2D eigenvalue weighted by molar-refractivity contribution is 0.102. The zero-order chi connectivity index (χ0) is 14.7. The van der Waals surface area contributed by atoms with Gasteiger partial charge in [0.1, 0.15) is 9.61 Å². The van der Waals surface area contributed by atoms with Crippen molar-refractivity contribution in [1.29, 1.82) is 0 Å². The van der Waals surface area contributed by atoms with E-state index in [1.165, 1.54) is 6.20 Å². The Labute approximate surface area is 134 Å². The van der Waals surface area contributed by atoms with E-state index in [1.807, 2.05) is 29.6 Å². The van der Waals surface area contributed by atoms with Crippen molar-refractivity contribution in [2.24, 2.45) is 0 Å². The van der Waals surface area contributed by atoms with Gasteiger partial charge in [-0.1, -0.05) is 12.1 Å². The summed E-state index contributed by atoms with van der Waals surface area (Å²) in [7, 11) is 0. The van der Waals surface area contributed by atoms with Gasteiger partial charge >= 0.3 is 0 Å². The zero-order valence-electron chi connectivity index (χ0n) is 10.8. The van der Waals surface area contributed by atoms with E-state index >= 15 is 0 Å². The van der Waals surface area contributed by atoms with Gasteiger partial charge in [0.2, 0.25) is 0 Å². The smallest absolute Gasteiger partial charge is 0.257 e. The lowest BCUT2D eigenvalue weighted by Crippen LogP contribution is -2.12. The van der Waals surface area contributed by atoms with Crippen LogP contribution in [0.1, 0.15) is 10.4 Å². The number of amides is 1. The van der Waals surface area contributed by atoms with E-state index in [4.69, 9.17) is 0 Å². The first-order valence-corrected chi connectivity index (χ1v) is 7.82. The molecule has 3 aromatic rings. The van der Waals surface area contributed by atoms with Crippen LogP contribution in [0.4, 0.5) is 5.69 Å². The molecule has 0 saturated carbocycles. The Hall–Kier alpha value is -2.05. The van der Waals surface area contributed by atoms with Gasteiger partial charge in [0.05, 0.1) is 5.56 Å². The largest absolute Gasteiger partial charge is 0.322 e. The molecule has 1 aromatic carbocycles. The van der Waals surface area contributed by atoms with E-state index in [0.29, 0.717) is 10.2 Å².